The number of hydrogen-bond donors (Lipinski definition) is 2. The molecule has 4 aliphatic heterocycles. The highest BCUT2D eigenvalue weighted by atomic mass is 35.5. The number of aryl methyl sites for hydroxylation is 1. The molecule has 1 atom stereocenters. The van der Waals surface area contributed by atoms with Crippen molar-refractivity contribution < 1.29 is 17.9 Å². The molecule has 254 valence electrons. The second-order valence-corrected chi connectivity index (χ2v) is 12.8. The highest BCUT2D eigenvalue weighted by Gasteiger charge is 2.45. The Morgan fingerprint density at radius 3 is 2.58 bits per heavy atom. The molecular formula is C36H41ClF3N7O. The normalized spacial score (nSPS) is 19.4. The van der Waals surface area contributed by atoms with E-state index in [9.17, 15) is 8.78 Å². The molecule has 0 amide bonds. The number of anilines is 2. The lowest BCUT2D eigenvalue weighted by atomic mass is 9.94. The molecule has 3 fully saturated rings. The van der Waals surface area contributed by atoms with Crippen molar-refractivity contribution in [1.82, 2.24) is 25.2 Å². The highest BCUT2D eigenvalue weighted by molar-refractivity contribution is 6.36. The van der Waals surface area contributed by atoms with Gasteiger partial charge in [-0.1, -0.05) is 37.4 Å². The summed E-state index contributed by atoms with van der Waals surface area (Å²) in [4.78, 5) is 18.9. The number of hydrogen-bond acceptors (Lipinski definition) is 8. The van der Waals surface area contributed by atoms with Crippen LogP contribution in [0.4, 0.5) is 24.8 Å². The Hall–Kier alpha value is -3.85. The van der Waals surface area contributed by atoms with Crippen LogP contribution in [0.25, 0.3) is 32.9 Å². The Kier molecular flexibility index (Phi) is 9.88. The van der Waals surface area contributed by atoms with Crippen molar-refractivity contribution in [3.8, 4) is 29.6 Å². The molecule has 0 aliphatic carbocycles. The van der Waals surface area contributed by atoms with Gasteiger partial charge in [0.2, 0.25) is 0 Å². The molecule has 0 bridgehead atoms. The maximum Gasteiger partial charge on any atom is 0.319 e. The van der Waals surface area contributed by atoms with E-state index >= 15 is 4.39 Å². The highest BCUT2D eigenvalue weighted by Crippen LogP contribution is 2.47. The first kappa shape index (κ1) is 34.0. The summed E-state index contributed by atoms with van der Waals surface area (Å²) in [6, 6.07) is 4.69. The van der Waals surface area contributed by atoms with Crippen molar-refractivity contribution >= 4 is 44.9 Å². The lowest BCUT2D eigenvalue weighted by molar-refractivity contribution is 0.108. The quantitative estimate of drug-likeness (QED) is 0.231. The molecule has 0 saturated carbocycles. The van der Waals surface area contributed by atoms with Crippen LogP contribution in [-0.4, -0.2) is 77.9 Å². The number of terminal acetylenes is 1. The molecular weight excluding hydrogens is 639 g/mol. The maximum atomic E-state index is 17.1. The first-order chi connectivity index (χ1) is 23.4. The second kappa shape index (κ2) is 13.9. The van der Waals surface area contributed by atoms with Gasteiger partial charge in [-0.05, 0) is 74.7 Å². The van der Waals surface area contributed by atoms with Crippen molar-refractivity contribution in [3.63, 3.8) is 0 Å². The third-order valence-corrected chi connectivity index (χ3v) is 10.5. The van der Waals surface area contributed by atoms with Crippen LogP contribution in [0.3, 0.4) is 0 Å². The number of nitrogens with one attached hydrogen (secondary N) is 1. The van der Waals surface area contributed by atoms with E-state index in [1.54, 1.807) is 12.1 Å². The van der Waals surface area contributed by atoms with Crippen LogP contribution in [0, 0.1) is 24.0 Å². The molecule has 3 saturated heterocycles. The van der Waals surface area contributed by atoms with E-state index in [0.29, 0.717) is 43.3 Å². The fraction of sp³-hybridized carbons (Fsp3) is 0.472. The van der Waals surface area contributed by atoms with E-state index < -0.39 is 11.6 Å². The summed E-state index contributed by atoms with van der Waals surface area (Å²) in [5.74, 6) is 1.88. The van der Waals surface area contributed by atoms with Gasteiger partial charge in [-0.2, -0.15) is 9.97 Å². The molecule has 48 heavy (non-hydrogen) atoms. The molecule has 1 unspecified atom stereocenters. The summed E-state index contributed by atoms with van der Waals surface area (Å²) in [5, 5.41) is 5.04. The number of piperazine rings is 1. The summed E-state index contributed by atoms with van der Waals surface area (Å²) >= 11 is 7.15. The van der Waals surface area contributed by atoms with E-state index in [-0.39, 0.29) is 56.2 Å². The number of pyridine rings is 1. The number of fused-ring (bicyclic) bond motifs is 4. The lowest BCUT2D eigenvalue weighted by Crippen LogP contribution is -2.51. The molecule has 4 aromatic rings. The standard InChI is InChI=1S/C33H32ClF2N7O.C2H6.CH3F/c1-2-20-22(35)8-5-18-15-23(37)39-29(24(18)20)26-27(34)21-7-6-19-16-38-11-14-43(19)31-25(21)30(28(26)36)40-32(41-31)44-17-33-9-3-12-42(33)13-4-10-33;2*1-2/h1,5,8,15,19,38H,3-4,6-7,9-14,16-17H2,(H2,37,39);1-2H3;1H3. The van der Waals surface area contributed by atoms with Crippen molar-refractivity contribution in [2.24, 2.45) is 0 Å². The number of nitrogens with two attached hydrogens (primary N) is 1. The number of alkyl halides is 1. The van der Waals surface area contributed by atoms with E-state index in [4.69, 9.17) is 38.5 Å². The summed E-state index contributed by atoms with van der Waals surface area (Å²) in [6.45, 7) is 8.84. The van der Waals surface area contributed by atoms with Crippen LogP contribution >= 0.6 is 11.6 Å². The summed E-state index contributed by atoms with van der Waals surface area (Å²) in [7, 11) is 0.500. The number of nitrogens with zero attached hydrogens (tertiary/aromatic N) is 5. The lowest BCUT2D eigenvalue weighted by Gasteiger charge is -2.36. The van der Waals surface area contributed by atoms with Crippen LogP contribution in [0.1, 0.15) is 57.1 Å². The van der Waals surface area contributed by atoms with Gasteiger partial charge in [0.05, 0.1) is 39.9 Å². The molecule has 8 nitrogen and oxygen atoms in total. The average Bonchev–Trinajstić information content (AvgIpc) is 3.65. The first-order valence-electron chi connectivity index (χ1n) is 16.7. The van der Waals surface area contributed by atoms with E-state index in [1.165, 1.54) is 6.07 Å². The Morgan fingerprint density at radius 2 is 1.85 bits per heavy atom. The molecule has 2 aromatic heterocycles. The minimum atomic E-state index is -0.691. The molecule has 12 heteroatoms. The molecule has 0 spiro atoms. The number of halogens is 4. The van der Waals surface area contributed by atoms with Crippen LogP contribution in [-0.2, 0) is 6.42 Å². The van der Waals surface area contributed by atoms with Crippen molar-refractivity contribution in [2.75, 3.05) is 57.1 Å². The zero-order chi connectivity index (χ0) is 34.2. The monoisotopic (exact) mass is 679 g/mol. The molecule has 4 aliphatic rings. The van der Waals surface area contributed by atoms with Gasteiger partial charge in [0.15, 0.2) is 5.82 Å². The van der Waals surface area contributed by atoms with Crippen molar-refractivity contribution in [2.45, 2.75) is 64.0 Å². The van der Waals surface area contributed by atoms with Crippen LogP contribution in [0.15, 0.2) is 18.2 Å². The third-order valence-electron chi connectivity index (χ3n) is 10.1. The zero-order valence-electron chi connectivity index (χ0n) is 27.6. The third kappa shape index (κ3) is 5.57. The largest absolute Gasteiger partial charge is 0.461 e. The Bertz CT molecular complexity index is 1890. The fourth-order valence-corrected chi connectivity index (χ4v) is 8.35. The van der Waals surface area contributed by atoms with Gasteiger partial charge in [0.1, 0.15) is 29.6 Å². The maximum absolute atomic E-state index is 17.1. The van der Waals surface area contributed by atoms with E-state index in [2.05, 4.69) is 26.0 Å². The molecule has 8 rings (SSSR count). The van der Waals surface area contributed by atoms with E-state index in [0.717, 1.165) is 63.8 Å². The van der Waals surface area contributed by atoms with Gasteiger partial charge in [-0.15, -0.1) is 6.42 Å². The average molecular weight is 680 g/mol. The second-order valence-electron chi connectivity index (χ2n) is 12.4. The Labute approximate surface area is 284 Å². The molecule has 2 aromatic carbocycles. The SMILES string of the molecule is C#Cc1c(F)ccc2cc(N)nc(-c3c(Cl)c4c5c(nc(OCC67CCCN6CCC7)nc5c3F)N3CCNCC3CC4)c12.CC.CF. The molecule has 0 radical (unpaired) electrons. The van der Waals surface area contributed by atoms with Gasteiger partial charge in [0.25, 0.3) is 0 Å². The number of rotatable bonds is 4. The van der Waals surface area contributed by atoms with Gasteiger partial charge in [0, 0.05) is 31.1 Å². The van der Waals surface area contributed by atoms with Crippen LogP contribution in [0.2, 0.25) is 5.02 Å². The van der Waals surface area contributed by atoms with Gasteiger partial charge < -0.3 is 20.7 Å². The smallest absolute Gasteiger partial charge is 0.319 e. The summed E-state index contributed by atoms with van der Waals surface area (Å²) in [5.41, 5.74) is 7.05. The number of nitrogen functional groups attached to an aromatic ring is 1. The van der Waals surface area contributed by atoms with Crippen molar-refractivity contribution in [1.29, 1.82) is 0 Å². The number of ether oxygens (including phenoxy) is 1. The van der Waals surface area contributed by atoms with Crippen LogP contribution in [0.5, 0.6) is 6.01 Å². The predicted octanol–water partition coefficient (Wildman–Crippen LogP) is 6.68. The van der Waals surface area contributed by atoms with Gasteiger partial charge >= 0.3 is 6.01 Å². The number of aromatic nitrogens is 3. The van der Waals surface area contributed by atoms with Crippen molar-refractivity contribution in [3.05, 3.63) is 46.0 Å². The fourth-order valence-electron chi connectivity index (χ4n) is 7.99. The van der Waals surface area contributed by atoms with Gasteiger partial charge in [-0.25, -0.2) is 13.8 Å². The minimum absolute atomic E-state index is 0.00137. The van der Waals surface area contributed by atoms with Gasteiger partial charge in [-0.3, -0.25) is 9.29 Å². The van der Waals surface area contributed by atoms with Crippen LogP contribution < -0.4 is 20.7 Å². The Morgan fingerprint density at radius 1 is 1.10 bits per heavy atom. The molecule has 3 N–H and O–H groups in total. The topological polar surface area (TPSA) is 92.4 Å². The minimum Gasteiger partial charge on any atom is -0.461 e. The predicted molar refractivity (Wildman–Crippen MR) is 187 cm³/mol. The van der Waals surface area contributed by atoms with E-state index in [1.807, 2.05) is 13.8 Å². The molecule has 6 heterocycles. The zero-order valence-corrected chi connectivity index (χ0v) is 28.4. The number of benzene rings is 2. The summed E-state index contributed by atoms with van der Waals surface area (Å²) in [6.07, 6.45) is 11.5. The Balaban J connectivity index is 0.000000969. The first-order valence-corrected chi connectivity index (χ1v) is 17.1. The summed E-state index contributed by atoms with van der Waals surface area (Å²) < 4.78 is 48.0.